The van der Waals surface area contributed by atoms with Crippen LogP contribution in [0.4, 0.5) is 11.4 Å². The molecule has 0 saturated heterocycles. The molecule has 3 heterocycles. The summed E-state index contributed by atoms with van der Waals surface area (Å²) >= 11 is 0. The number of anilines is 2. The smallest absolute Gasteiger partial charge is 0.145 e. The lowest BCUT2D eigenvalue weighted by atomic mass is 9.94. The first-order chi connectivity index (χ1) is 30.7. The van der Waals surface area contributed by atoms with Crippen LogP contribution in [0.3, 0.4) is 0 Å². The minimum atomic E-state index is -0.184. The van der Waals surface area contributed by atoms with Crippen molar-refractivity contribution in [2.75, 3.05) is 4.90 Å². The van der Waals surface area contributed by atoms with Crippen LogP contribution >= 0.6 is 0 Å². The molecule has 0 amide bonds. The summed E-state index contributed by atoms with van der Waals surface area (Å²) in [6.07, 6.45) is 9.78. The van der Waals surface area contributed by atoms with Gasteiger partial charge in [-0.15, -0.1) is 0 Å². The molecule has 2 unspecified atom stereocenters. The first-order valence-electron chi connectivity index (χ1n) is 21.5. The molecule has 0 fully saturated rings. The van der Waals surface area contributed by atoms with Gasteiger partial charge in [-0.3, -0.25) is 4.99 Å². The molecule has 12 rings (SSSR count). The summed E-state index contributed by atoms with van der Waals surface area (Å²) in [4.78, 5) is 7.77. The van der Waals surface area contributed by atoms with Crippen molar-refractivity contribution in [3.63, 3.8) is 0 Å². The molecule has 3 aliphatic rings. The maximum Gasteiger partial charge on any atom is 0.145 e. The van der Waals surface area contributed by atoms with Gasteiger partial charge in [0.2, 0.25) is 0 Å². The maximum absolute atomic E-state index is 5.22. The van der Waals surface area contributed by atoms with Crippen LogP contribution in [0.2, 0.25) is 0 Å². The summed E-state index contributed by atoms with van der Waals surface area (Å²) < 4.78 is 2.40. The Morgan fingerprint density at radius 3 is 1.90 bits per heavy atom. The third-order valence-corrected chi connectivity index (χ3v) is 12.7. The molecule has 2 aliphatic heterocycles. The average Bonchev–Trinajstić information content (AvgIpc) is 3.87. The van der Waals surface area contributed by atoms with Gasteiger partial charge in [0.25, 0.3) is 0 Å². The summed E-state index contributed by atoms with van der Waals surface area (Å²) in [5, 5.41) is 6.15. The van der Waals surface area contributed by atoms with Crippen LogP contribution in [-0.4, -0.2) is 16.3 Å². The zero-order valence-corrected chi connectivity index (χ0v) is 34.1. The summed E-state index contributed by atoms with van der Waals surface area (Å²) in [6, 6.07) is 72.6. The summed E-state index contributed by atoms with van der Waals surface area (Å²) in [5.74, 6) is 0. The lowest BCUT2D eigenvalue weighted by Gasteiger charge is -2.29. The van der Waals surface area contributed by atoms with Crippen molar-refractivity contribution in [3.8, 4) is 27.9 Å². The second-order valence-electron chi connectivity index (χ2n) is 16.3. The van der Waals surface area contributed by atoms with Crippen molar-refractivity contribution in [2.45, 2.75) is 18.6 Å². The van der Waals surface area contributed by atoms with Crippen molar-refractivity contribution in [2.24, 2.45) is 4.99 Å². The van der Waals surface area contributed by atoms with Gasteiger partial charge in [0.05, 0.1) is 22.8 Å². The molecule has 0 spiro atoms. The van der Waals surface area contributed by atoms with Crippen LogP contribution in [-0.2, 0) is 0 Å². The summed E-state index contributed by atoms with van der Waals surface area (Å²) in [6.45, 7) is 0. The molecule has 0 saturated carbocycles. The highest BCUT2D eigenvalue weighted by Gasteiger charge is 2.35. The van der Waals surface area contributed by atoms with E-state index in [9.17, 15) is 0 Å². The van der Waals surface area contributed by atoms with E-state index in [-0.39, 0.29) is 12.2 Å². The summed E-state index contributed by atoms with van der Waals surface area (Å²) in [5.41, 5.74) is 18.9. The van der Waals surface area contributed by atoms with Crippen LogP contribution in [0.25, 0.3) is 61.0 Å². The molecule has 1 aromatic heterocycles. The first-order valence-corrected chi connectivity index (χ1v) is 21.5. The van der Waals surface area contributed by atoms with E-state index in [2.05, 4.69) is 233 Å². The Morgan fingerprint density at radius 2 is 1.11 bits per heavy atom. The first kappa shape index (κ1) is 35.9. The van der Waals surface area contributed by atoms with Crippen molar-refractivity contribution in [1.82, 2.24) is 9.88 Å². The largest absolute Gasteiger partial charge is 0.360 e. The monoisotopic (exact) mass is 794 g/mol. The molecular weight excluding hydrogens is 753 g/mol. The number of aliphatic imine (C=N–C) groups is 1. The lowest BCUT2D eigenvalue weighted by molar-refractivity contribution is 0.664. The van der Waals surface area contributed by atoms with E-state index in [1.165, 1.54) is 66.6 Å². The quantitative estimate of drug-likeness (QED) is 0.174. The van der Waals surface area contributed by atoms with Gasteiger partial charge in [0.1, 0.15) is 6.17 Å². The second-order valence-corrected chi connectivity index (χ2v) is 16.3. The van der Waals surface area contributed by atoms with Crippen LogP contribution in [0.15, 0.2) is 229 Å². The van der Waals surface area contributed by atoms with Gasteiger partial charge >= 0.3 is 0 Å². The Balaban J connectivity index is 0.907. The minimum absolute atomic E-state index is 0.184. The van der Waals surface area contributed by atoms with E-state index >= 15 is 0 Å². The Morgan fingerprint density at radius 1 is 0.500 bits per heavy atom. The highest BCUT2D eigenvalue weighted by molar-refractivity contribution is 6.14. The molecule has 1 N–H and O–H groups in total. The Hall–Kier alpha value is -7.95. The maximum atomic E-state index is 5.22. The van der Waals surface area contributed by atoms with Crippen LogP contribution in [0.1, 0.15) is 34.8 Å². The van der Waals surface area contributed by atoms with Gasteiger partial charge in [-0.1, -0.05) is 170 Å². The van der Waals surface area contributed by atoms with Crippen molar-refractivity contribution >= 4 is 50.2 Å². The number of aromatic nitrogens is 1. The fourth-order valence-corrected chi connectivity index (χ4v) is 9.70. The highest BCUT2D eigenvalue weighted by Crippen LogP contribution is 2.49. The number of nitrogens with one attached hydrogen (secondary N) is 1. The van der Waals surface area contributed by atoms with E-state index in [1.807, 2.05) is 6.07 Å². The van der Waals surface area contributed by atoms with E-state index < -0.39 is 0 Å². The number of hydrogen-bond donors (Lipinski definition) is 1. The molecule has 2 atom stereocenters. The van der Waals surface area contributed by atoms with Crippen molar-refractivity contribution in [1.29, 1.82) is 0 Å². The van der Waals surface area contributed by atoms with Gasteiger partial charge in [-0.05, 0) is 106 Å². The van der Waals surface area contributed by atoms with Crippen LogP contribution in [0.5, 0.6) is 0 Å². The molecule has 0 radical (unpaired) electrons. The standard InChI is InChI=1S/C58H42N4/c1-4-14-39(15-5-1)40-24-30-47(31-25-40)62-54-22-12-10-20-48(54)50-34-28-45(37-57(50)62)44-29-35-56-51(36-44)49-21-11-13-23-55(49)61(56)46-32-26-42(27-33-46)53-38-52(41-16-6-2-7-17-41)59-58(60-53)43-18-8-3-9-19-43/h1-21,23-38,54,58-59H,22H2. The van der Waals surface area contributed by atoms with Crippen molar-refractivity contribution in [3.05, 3.63) is 247 Å². The topological polar surface area (TPSA) is 32.6 Å². The molecule has 62 heavy (non-hydrogen) atoms. The zero-order chi connectivity index (χ0) is 41.0. The van der Waals surface area contributed by atoms with Crippen LogP contribution in [0, 0.1) is 0 Å². The van der Waals surface area contributed by atoms with Gasteiger partial charge in [0, 0.05) is 39.1 Å². The molecular formula is C58H42N4. The number of para-hydroxylation sites is 1. The molecule has 0 bridgehead atoms. The third kappa shape index (κ3) is 6.19. The molecule has 8 aromatic carbocycles. The minimum Gasteiger partial charge on any atom is -0.360 e. The van der Waals surface area contributed by atoms with E-state index in [0.717, 1.165) is 40.2 Å². The number of rotatable bonds is 7. The average molecular weight is 795 g/mol. The predicted molar refractivity (Wildman–Crippen MR) is 259 cm³/mol. The Bertz CT molecular complexity index is 3260. The van der Waals surface area contributed by atoms with Gasteiger partial charge in [-0.2, -0.15) is 0 Å². The number of allylic oxidation sites excluding steroid dienone is 3. The number of benzene rings is 8. The molecule has 294 valence electrons. The fourth-order valence-electron chi connectivity index (χ4n) is 9.70. The molecule has 1 aliphatic carbocycles. The van der Waals surface area contributed by atoms with E-state index in [0.29, 0.717) is 0 Å². The van der Waals surface area contributed by atoms with E-state index in [1.54, 1.807) is 0 Å². The van der Waals surface area contributed by atoms with Crippen LogP contribution < -0.4 is 10.2 Å². The van der Waals surface area contributed by atoms with Gasteiger partial charge < -0.3 is 14.8 Å². The van der Waals surface area contributed by atoms with Crippen molar-refractivity contribution < 1.29 is 0 Å². The molecule has 4 heteroatoms. The Kier molecular flexibility index (Phi) is 8.67. The third-order valence-electron chi connectivity index (χ3n) is 12.7. The molecule has 4 nitrogen and oxygen atoms in total. The molecule has 9 aromatic rings. The SMILES string of the molecule is C1=CCC2C(=C1)c1ccc(-c3ccc4c(c3)c3ccccc3n4-c3ccc(C4=NC(c5ccccc5)NC(c5ccccc5)=C4)cc3)cc1N2c1ccc(-c2ccccc2)cc1. The number of hydrogen-bond acceptors (Lipinski definition) is 3. The highest BCUT2D eigenvalue weighted by atomic mass is 15.2. The fraction of sp³-hybridized carbons (Fsp3) is 0.0517. The lowest BCUT2D eigenvalue weighted by Crippen LogP contribution is -2.27. The zero-order valence-electron chi connectivity index (χ0n) is 34.1. The summed E-state index contributed by atoms with van der Waals surface area (Å²) in [7, 11) is 0. The number of nitrogens with zero attached hydrogens (tertiary/aromatic N) is 3. The second kappa shape index (κ2) is 14.9. The normalized spacial score (nSPS) is 16.6. The van der Waals surface area contributed by atoms with E-state index in [4.69, 9.17) is 4.99 Å². The van der Waals surface area contributed by atoms with Gasteiger partial charge in [0.15, 0.2) is 0 Å². The Labute approximate surface area is 361 Å². The number of fused-ring (bicyclic) bond motifs is 6. The van der Waals surface area contributed by atoms with Gasteiger partial charge in [-0.25, -0.2) is 0 Å². The predicted octanol–water partition coefficient (Wildman–Crippen LogP) is 14.1.